The van der Waals surface area contributed by atoms with Crippen LogP contribution in [0.4, 0.5) is 0 Å². The highest BCUT2D eigenvalue weighted by Crippen LogP contribution is 2.19. The molecule has 5 heteroatoms. The summed E-state index contributed by atoms with van der Waals surface area (Å²) in [5.74, 6) is -0.190. The molecule has 0 aromatic heterocycles. The number of carbonyl (C=O) groups is 1. The van der Waals surface area contributed by atoms with E-state index < -0.39 is 5.41 Å². The van der Waals surface area contributed by atoms with Crippen molar-refractivity contribution in [3.63, 3.8) is 0 Å². The minimum atomic E-state index is -0.455. The molecule has 0 atom stereocenters. The molecule has 0 aliphatic carbocycles. The fourth-order valence-electron chi connectivity index (χ4n) is 1.39. The van der Waals surface area contributed by atoms with Crippen molar-refractivity contribution in [2.24, 2.45) is 10.4 Å². The van der Waals surface area contributed by atoms with Crippen LogP contribution >= 0.6 is 12.2 Å². The van der Waals surface area contributed by atoms with Crippen molar-refractivity contribution < 1.29 is 9.63 Å². The Bertz CT molecular complexity index is 298. The third-order valence-electron chi connectivity index (χ3n) is 2.48. The highest BCUT2D eigenvalue weighted by Gasteiger charge is 2.28. The molecule has 4 nitrogen and oxygen atoms in total. The van der Waals surface area contributed by atoms with Gasteiger partial charge in [0.15, 0.2) is 0 Å². The number of hydroxylamine groups is 2. The lowest BCUT2D eigenvalue weighted by atomic mass is 9.98. The minimum absolute atomic E-state index is 0.190. The van der Waals surface area contributed by atoms with Crippen molar-refractivity contribution in [2.45, 2.75) is 39.7 Å². The van der Waals surface area contributed by atoms with Gasteiger partial charge >= 0.3 is 5.97 Å². The summed E-state index contributed by atoms with van der Waals surface area (Å²) < 4.78 is 0. The Morgan fingerprint density at radius 1 is 1.44 bits per heavy atom. The van der Waals surface area contributed by atoms with Crippen molar-refractivity contribution in [1.82, 2.24) is 5.06 Å². The fourth-order valence-corrected chi connectivity index (χ4v) is 1.54. The summed E-state index contributed by atoms with van der Waals surface area (Å²) in [6.07, 6.45) is 1.72. The van der Waals surface area contributed by atoms with Gasteiger partial charge in [0.2, 0.25) is 0 Å². The topological polar surface area (TPSA) is 41.9 Å². The van der Waals surface area contributed by atoms with Gasteiger partial charge in [0.25, 0.3) is 0 Å². The van der Waals surface area contributed by atoms with E-state index in [-0.39, 0.29) is 12.0 Å². The van der Waals surface area contributed by atoms with Gasteiger partial charge in [-0.1, -0.05) is 0 Å². The van der Waals surface area contributed by atoms with E-state index in [0.29, 0.717) is 13.1 Å². The van der Waals surface area contributed by atoms with Gasteiger partial charge in [-0.05, 0) is 45.8 Å². The Kier molecular flexibility index (Phi) is 4.59. The van der Waals surface area contributed by atoms with Crippen LogP contribution in [0.15, 0.2) is 4.99 Å². The van der Waals surface area contributed by atoms with Gasteiger partial charge in [0, 0.05) is 13.1 Å². The molecular weight excluding hydrogens is 224 g/mol. The third kappa shape index (κ3) is 4.00. The maximum absolute atomic E-state index is 11.6. The van der Waals surface area contributed by atoms with E-state index in [1.807, 2.05) is 20.8 Å². The number of carbonyl (C=O) groups excluding carboxylic acids is 1. The van der Waals surface area contributed by atoms with E-state index in [4.69, 9.17) is 4.84 Å². The molecule has 16 heavy (non-hydrogen) atoms. The second kappa shape index (κ2) is 5.53. The van der Waals surface area contributed by atoms with Crippen LogP contribution in [0.25, 0.3) is 0 Å². The average Bonchev–Trinajstić information content (AvgIpc) is 2.20. The molecule has 0 N–H and O–H groups in total. The van der Waals surface area contributed by atoms with Crippen molar-refractivity contribution in [3.05, 3.63) is 0 Å². The normalized spacial score (nSPS) is 18.9. The quantitative estimate of drug-likeness (QED) is 0.549. The number of hydrogen-bond donors (Lipinski definition) is 0. The molecule has 0 amide bonds. The minimum Gasteiger partial charge on any atom is -0.367 e. The number of piperidine rings is 1. The Morgan fingerprint density at radius 3 is 2.44 bits per heavy atom. The zero-order chi connectivity index (χ0) is 12.2. The van der Waals surface area contributed by atoms with Crippen LogP contribution in [0.1, 0.15) is 33.6 Å². The molecule has 0 bridgehead atoms. The van der Waals surface area contributed by atoms with E-state index in [1.165, 1.54) is 0 Å². The average molecular weight is 242 g/mol. The second-order valence-electron chi connectivity index (χ2n) is 5.01. The maximum atomic E-state index is 11.6. The third-order valence-corrected chi connectivity index (χ3v) is 2.59. The largest absolute Gasteiger partial charge is 0.367 e. The molecule has 0 aromatic rings. The van der Waals surface area contributed by atoms with E-state index in [1.54, 1.807) is 5.06 Å². The molecule has 0 saturated carbocycles. The first kappa shape index (κ1) is 13.3. The summed E-state index contributed by atoms with van der Waals surface area (Å²) in [5.41, 5.74) is -0.455. The van der Waals surface area contributed by atoms with Crippen molar-refractivity contribution in [3.8, 4) is 0 Å². The van der Waals surface area contributed by atoms with E-state index in [2.05, 4.69) is 22.4 Å². The van der Waals surface area contributed by atoms with Crippen LogP contribution in [-0.4, -0.2) is 35.3 Å². The summed E-state index contributed by atoms with van der Waals surface area (Å²) in [7, 11) is 0. The summed E-state index contributed by atoms with van der Waals surface area (Å²) in [5, 5.41) is 4.11. The van der Waals surface area contributed by atoms with E-state index >= 15 is 0 Å². The molecule has 0 aromatic carbocycles. The van der Waals surface area contributed by atoms with Gasteiger partial charge < -0.3 is 4.84 Å². The standard InChI is InChI=1S/C11H18N2O2S/c1-11(2,3)10(14)15-13-6-4-9(5-7-13)12-8-16/h9H,4-7H2,1-3H3. The van der Waals surface area contributed by atoms with Gasteiger partial charge in [-0.15, -0.1) is 5.06 Å². The van der Waals surface area contributed by atoms with E-state index in [0.717, 1.165) is 12.8 Å². The molecule has 90 valence electrons. The SMILES string of the molecule is CC(C)(C)C(=O)ON1CCC(N=C=S)CC1. The summed E-state index contributed by atoms with van der Waals surface area (Å²) in [6, 6.07) is 0.238. The Hall–Kier alpha value is -0.770. The van der Waals surface area contributed by atoms with Crippen LogP contribution in [-0.2, 0) is 9.63 Å². The fraction of sp³-hybridized carbons (Fsp3) is 0.818. The maximum Gasteiger partial charge on any atom is 0.330 e. The lowest BCUT2D eigenvalue weighted by Crippen LogP contribution is -2.39. The summed E-state index contributed by atoms with van der Waals surface area (Å²) in [4.78, 5) is 21.0. The van der Waals surface area contributed by atoms with Crippen molar-refractivity contribution in [1.29, 1.82) is 0 Å². The predicted octanol–water partition coefficient (Wildman–Crippen LogP) is 2.06. The molecule has 0 spiro atoms. The lowest BCUT2D eigenvalue weighted by molar-refractivity contribution is -0.204. The van der Waals surface area contributed by atoms with Crippen LogP contribution in [0, 0.1) is 5.41 Å². The number of hydrogen-bond acceptors (Lipinski definition) is 5. The van der Waals surface area contributed by atoms with Crippen LogP contribution < -0.4 is 0 Å². The summed E-state index contributed by atoms with van der Waals surface area (Å²) in [6.45, 7) is 6.97. The zero-order valence-electron chi connectivity index (χ0n) is 10.0. The lowest BCUT2D eigenvalue weighted by Gasteiger charge is -2.30. The van der Waals surface area contributed by atoms with Crippen LogP contribution in [0.3, 0.4) is 0 Å². The van der Waals surface area contributed by atoms with Gasteiger partial charge in [-0.25, -0.2) is 9.79 Å². The number of aliphatic imine (C=N–C) groups is 1. The highest BCUT2D eigenvalue weighted by atomic mass is 32.1. The van der Waals surface area contributed by atoms with E-state index in [9.17, 15) is 4.79 Å². The number of thiocarbonyl (C=S) groups is 1. The molecule has 1 aliphatic heterocycles. The highest BCUT2D eigenvalue weighted by molar-refractivity contribution is 7.78. The van der Waals surface area contributed by atoms with Crippen LogP contribution in [0.5, 0.6) is 0 Å². The Balaban J connectivity index is 2.38. The Morgan fingerprint density at radius 2 is 2.00 bits per heavy atom. The van der Waals surface area contributed by atoms with Gasteiger partial charge in [-0.3, -0.25) is 0 Å². The van der Waals surface area contributed by atoms with Gasteiger partial charge in [0.1, 0.15) is 0 Å². The van der Waals surface area contributed by atoms with Gasteiger partial charge in [0.05, 0.1) is 16.6 Å². The molecular formula is C11H18N2O2S. The first-order chi connectivity index (χ1) is 7.43. The molecule has 1 heterocycles. The smallest absolute Gasteiger partial charge is 0.330 e. The molecule has 1 rings (SSSR count). The van der Waals surface area contributed by atoms with Crippen LogP contribution in [0.2, 0.25) is 0 Å². The van der Waals surface area contributed by atoms with Gasteiger partial charge in [-0.2, -0.15) is 0 Å². The molecule has 0 unspecified atom stereocenters. The van der Waals surface area contributed by atoms with Crippen molar-refractivity contribution >= 4 is 23.3 Å². The summed E-state index contributed by atoms with van der Waals surface area (Å²) >= 11 is 4.57. The molecule has 1 aliphatic rings. The monoisotopic (exact) mass is 242 g/mol. The predicted molar refractivity (Wildman–Crippen MR) is 65.2 cm³/mol. The number of isothiocyanates is 1. The van der Waals surface area contributed by atoms with Crippen molar-refractivity contribution in [2.75, 3.05) is 13.1 Å². The second-order valence-corrected chi connectivity index (χ2v) is 5.19. The first-order valence-electron chi connectivity index (χ1n) is 5.48. The number of nitrogens with zero attached hydrogens (tertiary/aromatic N) is 2. The molecule has 1 fully saturated rings. The molecule has 1 saturated heterocycles. The first-order valence-corrected chi connectivity index (χ1v) is 5.88. The zero-order valence-corrected chi connectivity index (χ0v) is 10.8. The number of rotatable bonds is 2. The Labute approximate surface area is 102 Å². The molecule has 0 radical (unpaired) electrons.